The molecule has 3 nitrogen and oxygen atoms in total. The van der Waals surface area contributed by atoms with E-state index in [1.54, 1.807) is 0 Å². The number of ketones is 1. The fourth-order valence-corrected chi connectivity index (χ4v) is 4.45. The molecule has 4 heteroatoms. The van der Waals surface area contributed by atoms with Gasteiger partial charge in [0.15, 0.2) is 5.78 Å². The van der Waals surface area contributed by atoms with Crippen LogP contribution in [0.2, 0.25) is 0 Å². The van der Waals surface area contributed by atoms with E-state index in [9.17, 15) is 14.7 Å². The lowest BCUT2D eigenvalue weighted by Crippen LogP contribution is -2.08. The second-order valence-corrected chi connectivity index (χ2v) is 7.93. The van der Waals surface area contributed by atoms with Gasteiger partial charge in [0, 0.05) is 6.42 Å². The highest BCUT2D eigenvalue weighted by Gasteiger charge is 2.30. The second kappa shape index (κ2) is 10.2. The Morgan fingerprint density at radius 1 is 0.913 bits per heavy atom. The molecule has 0 unspecified atom stereocenters. The van der Waals surface area contributed by atoms with Crippen LogP contribution in [-0.4, -0.2) is 21.8 Å². The standard InChI is InChI=1S/C19H30O3S/c20-16(18-17(21)14-23-19(18)22)13-12-15-10-8-6-4-2-1-3-5-7-9-11-15/h15,20H,1-14H2. The summed E-state index contributed by atoms with van der Waals surface area (Å²) in [4.78, 5) is 23.3. The molecule has 23 heavy (non-hydrogen) atoms. The highest BCUT2D eigenvalue weighted by Crippen LogP contribution is 2.29. The third-order valence-electron chi connectivity index (χ3n) is 5.12. The average molecular weight is 339 g/mol. The lowest BCUT2D eigenvalue weighted by Gasteiger charge is -2.18. The molecule has 2 rings (SSSR count). The van der Waals surface area contributed by atoms with Gasteiger partial charge in [0.25, 0.3) is 0 Å². The van der Waals surface area contributed by atoms with Gasteiger partial charge in [-0.3, -0.25) is 9.59 Å². The number of hydrogen-bond donors (Lipinski definition) is 1. The molecule has 0 radical (unpaired) electrons. The van der Waals surface area contributed by atoms with E-state index in [4.69, 9.17) is 0 Å². The minimum atomic E-state index is -0.244. The molecule has 2 aliphatic rings. The molecule has 0 amide bonds. The van der Waals surface area contributed by atoms with Crippen molar-refractivity contribution in [3.63, 3.8) is 0 Å². The number of carbonyl (C=O) groups excluding carboxylic acids is 2. The monoisotopic (exact) mass is 338 g/mol. The highest BCUT2D eigenvalue weighted by atomic mass is 32.2. The number of aliphatic hydroxyl groups is 1. The number of thioether (sulfide) groups is 1. The van der Waals surface area contributed by atoms with E-state index < -0.39 is 0 Å². The third kappa shape index (κ3) is 6.33. The van der Waals surface area contributed by atoms with E-state index in [2.05, 4.69) is 0 Å². The minimum absolute atomic E-state index is 0.0381. The van der Waals surface area contributed by atoms with E-state index in [0.717, 1.165) is 18.2 Å². The Hall–Kier alpha value is -0.770. The predicted molar refractivity (Wildman–Crippen MR) is 95.6 cm³/mol. The van der Waals surface area contributed by atoms with Crippen molar-refractivity contribution < 1.29 is 14.7 Å². The highest BCUT2D eigenvalue weighted by molar-refractivity contribution is 8.15. The van der Waals surface area contributed by atoms with Crippen LogP contribution in [0.1, 0.15) is 83.5 Å². The fourth-order valence-electron chi connectivity index (χ4n) is 3.67. The van der Waals surface area contributed by atoms with Crippen molar-refractivity contribution in [2.24, 2.45) is 5.92 Å². The van der Waals surface area contributed by atoms with Gasteiger partial charge in [0.2, 0.25) is 5.12 Å². The topological polar surface area (TPSA) is 54.4 Å². The summed E-state index contributed by atoms with van der Waals surface area (Å²) < 4.78 is 0. The Kier molecular flexibility index (Phi) is 8.21. The summed E-state index contributed by atoms with van der Waals surface area (Å²) in [6, 6.07) is 0. The molecule has 130 valence electrons. The maximum atomic E-state index is 11.7. The zero-order valence-electron chi connectivity index (χ0n) is 14.1. The van der Waals surface area contributed by atoms with Gasteiger partial charge >= 0.3 is 0 Å². The molecule has 2 fully saturated rings. The second-order valence-electron chi connectivity index (χ2n) is 6.99. The molecule has 1 saturated heterocycles. The van der Waals surface area contributed by atoms with Crippen LogP contribution < -0.4 is 0 Å². The van der Waals surface area contributed by atoms with E-state index >= 15 is 0 Å². The van der Waals surface area contributed by atoms with Crippen LogP contribution in [0.4, 0.5) is 0 Å². The number of allylic oxidation sites excluding steroid dienone is 1. The zero-order valence-corrected chi connectivity index (χ0v) is 15.0. The molecule has 1 heterocycles. The van der Waals surface area contributed by atoms with Gasteiger partial charge in [-0.05, 0) is 12.3 Å². The van der Waals surface area contributed by atoms with Gasteiger partial charge in [0.05, 0.1) is 5.75 Å². The molecule has 1 N–H and O–H groups in total. The van der Waals surface area contributed by atoms with Crippen LogP contribution in [0.15, 0.2) is 11.3 Å². The molecule has 0 aromatic heterocycles. The molecular weight excluding hydrogens is 308 g/mol. The maximum absolute atomic E-state index is 11.7. The predicted octanol–water partition coefficient (Wildman–Crippen LogP) is 5.34. The van der Waals surface area contributed by atoms with Crippen molar-refractivity contribution in [3.05, 3.63) is 11.3 Å². The van der Waals surface area contributed by atoms with Crippen LogP contribution in [0.25, 0.3) is 0 Å². The van der Waals surface area contributed by atoms with Gasteiger partial charge in [-0.2, -0.15) is 0 Å². The zero-order chi connectivity index (χ0) is 16.5. The molecular formula is C19H30O3S. The summed E-state index contributed by atoms with van der Waals surface area (Å²) in [5, 5.41) is 9.91. The summed E-state index contributed by atoms with van der Waals surface area (Å²) in [6.45, 7) is 0. The quantitative estimate of drug-likeness (QED) is 0.428. The fraction of sp³-hybridized carbons (Fsp3) is 0.789. The average Bonchev–Trinajstić information content (AvgIpc) is 2.85. The largest absolute Gasteiger partial charge is 0.511 e. The van der Waals surface area contributed by atoms with Crippen molar-refractivity contribution >= 4 is 22.7 Å². The summed E-state index contributed by atoms with van der Waals surface area (Å²) in [7, 11) is 0. The Labute approximate surface area is 144 Å². The van der Waals surface area contributed by atoms with E-state index in [1.165, 1.54) is 70.6 Å². The Morgan fingerprint density at radius 3 is 1.91 bits per heavy atom. The number of hydrogen-bond acceptors (Lipinski definition) is 4. The van der Waals surface area contributed by atoms with Gasteiger partial charge in [0.1, 0.15) is 11.3 Å². The van der Waals surface area contributed by atoms with E-state index in [0.29, 0.717) is 12.3 Å². The summed E-state index contributed by atoms with van der Waals surface area (Å²) in [5.74, 6) is 0.658. The summed E-state index contributed by atoms with van der Waals surface area (Å²) >= 11 is 1.01. The Balaban J connectivity index is 1.84. The molecule has 0 bridgehead atoms. The van der Waals surface area contributed by atoms with Crippen molar-refractivity contribution in [1.82, 2.24) is 0 Å². The Bertz CT molecular complexity index is 412. The van der Waals surface area contributed by atoms with Crippen LogP contribution in [0.5, 0.6) is 0 Å². The molecule has 0 aromatic rings. The SMILES string of the molecule is O=C1CSC(=O)C1=C(O)CCC1CCCCCCCCCCC1. The maximum Gasteiger partial charge on any atom is 0.226 e. The van der Waals surface area contributed by atoms with Crippen LogP contribution in [0, 0.1) is 5.92 Å². The smallest absolute Gasteiger partial charge is 0.226 e. The number of rotatable bonds is 3. The first-order chi connectivity index (χ1) is 11.2. The first kappa shape index (κ1) is 18.6. The molecule has 0 atom stereocenters. The van der Waals surface area contributed by atoms with Gasteiger partial charge in [-0.25, -0.2) is 0 Å². The normalized spacial score (nSPS) is 25.0. The van der Waals surface area contributed by atoms with Crippen molar-refractivity contribution in [1.29, 1.82) is 0 Å². The van der Waals surface area contributed by atoms with Crippen LogP contribution in [-0.2, 0) is 9.59 Å². The van der Waals surface area contributed by atoms with Crippen LogP contribution >= 0.6 is 11.8 Å². The molecule has 1 aliphatic carbocycles. The molecule has 1 aliphatic heterocycles. The number of aliphatic hydroxyl groups excluding tert-OH is 1. The first-order valence-corrected chi connectivity index (χ1v) is 10.3. The van der Waals surface area contributed by atoms with Gasteiger partial charge in [-0.1, -0.05) is 82.4 Å². The lowest BCUT2D eigenvalue weighted by atomic mass is 9.89. The van der Waals surface area contributed by atoms with Crippen LogP contribution in [0.3, 0.4) is 0 Å². The van der Waals surface area contributed by atoms with Gasteiger partial charge in [-0.15, -0.1) is 0 Å². The number of Topliss-reactive ketones (excluding diaryl/α,β-unsaturated/α-hetero) is 1. The minimum Gasteiger partial charge on any atom is -0.511 e. The molecule has 0 aromatic carbocycles. The molecule has 1 saturated carbocycles. The third-order valence-corrected chi connectivity index (χ3v) is 5.99. The first-order valence-electron chi connectivity index (χ1n) is 9.31. The molecule has 0 spiro atoms. The van der Waals surface area contributed by atoms with Crippen molar-refractivity contribution in [2.75, 3.05) is 5.75 Å². The van der Waals surface area contributed by atoms with E-state index in [-0.39, 0.29) is 28.0 Å². The summed E-state index contributed by atoms with van der Waals surface area (Å²) in [6.07, 6.45) is 15.9. The number of carbonyl (C=O) groups is 2. The van der Waals surface area contributed by atoms with Crippen molar-refractivity contribution in [3.8, 4) is 0 Å². The van der Waals surface area contributed by atoms with Gasteiger partial charge < -0.3 is 5.11 Å². The van der Waals surface area contributed by atoms with Crippen molar-refractivity contribution in [2.45, 2.75) is 83.5 Å². The lowest BCUT2D eigenvalue weighted by molar-refractivity contribution is -0.115. The van der Waals surface area contributed by atoms with E-state index in [1.807, 2.05) is 0 Å². The summed E-state index contributed by atoms with van der Waals surface area (Å²) in [5.41, 5.74) is 0.0724. The Morgan fingerprint density at radius 2 is 1.43 bits per heavy atom.